The van der Waals surface area contributed by atoms with Gasteiger partial charge in [0.15, 0.2) is 0 Å². The van der Waals surface area contributed by atoms with Gasteiger partial charge in [0.1, 0.15) is 0 Å². The number of aliphatic imine (C=N–C) groups is 1. The lowest BCUT2D eigenvalue weighted by molar-refractivity contribution is 1.06. The molecule has 1 atom stereocenters. The van der Waals surface area contributed by atoms with Gasteiger partial charge in [0.25, 0.3) is 0 Å². The first kappa shape index (κ1) is 16.3. The smallest absolute Gasteiger partial charge is 0.0751 e. The van der Waals surface area contributed by atoms with Crippen LogP contribution in [0.5, 0.6) is 0 Å². The lowest BCUT2D eigenvalue weighted by Gasteiger charge is -2.21. The Hall–Kier alpha value is -3.13. The quantitative estimate of drug-likeness (QED) is 0.669. The van der Waals surface area contributed by atoms with Gasteiger partial charge in [-0.15, -0.1) is 0 Å². The van der Waals surface area contributed by atoms with Crippen LogP contribution in [0.25, 0.3) is 0 Å². The molecule has 0 saturated heterocycles. The lowest BCUT2D eigenvalue weighted by atomic mass is 9.86. The van der Waals surface area contributed by atoms with Crippen molar-refractivity contribution < 1.29 is 0 Å². The largest absolute Gasteiger partial charge is 0.354 e. The van der Waals surface area contributed by atoms with Crippen LogP contribution in [-0.4, -0.2) is 5.71 Å². The molecule has 0 amide bonds. The maximum atomic E-state index is 4.68. The predicted octanol–water partition coefficient (Wildman–Crippen LogP) is 5.85. The number of nitrogens with one attached hydrogen (secondary N) is 1. The molecule has 3 aliphatic rings. The zero-order valence-electron chi connectivity index (χ0n) is 14.9. The standard InChI is InChI=1S/C24H22N2/c1-3-17(4-2)22-16-25-24-21(22)10-7-11-23(24)26-20-14-12-19(13-15-20)18-8-5-6-9-18/h3-16,18,21,26H,1H2,2H3/b17-4+. The van der Waals surface area contributed by atoms with Crippen LogP contribution in [-0.2, 0) is 0 Å². The van der Waals surface area contributed by atoms with Crippen LogP contribution >= 0.6 is 0 Å². The minimum Gasteiger partial charge on any atom is -0.354 e. The second-order valence-corrected chi connectivity index (χ2v) is 6.53. The molecule has 1 N–H and O–H groups in total. The maximum absolute atomic E-state index is 4.68. The summed E-state index contributed by atoms with van der Waals surface area (Å²) < 4.78 is 0. The van der Waals surface area contributed by atoms with Crippen LogP contribution in [0.2, 0.25) is 0 Å². The molecule has 0 fully saturated rings. The Morgan fingerprint density at radius 3 is 2.54 bits per heavy atom. The van der Waals surface area contributed by atoms with Gasteiger partial charge in [-0.2, -0.15) is 0 Å². The molecule has 2 aliphatic carbocycles. The third kappa shape index (κ3) is 2.95. The third-order valence-corrected chi connectivity index (χ3v) is 5.00. The van der Waals surface area contributed by atoms with Crippen molar-refractivity contribution >= 4 is 11.4 Å². The summed E-state index contributed by atoms with van der Waals surface area (Å²) in [6.45, 7) is 5.95. The van der Waals surface area contributed by atoms with E-state index >= 15 is 0 Å². The zero-order valence-corrected chi connectivity index (χ0v) is 14.9. The van der Waals surface area contributed by atoms with Crippen LogP contribution in [0.4, 0.5) is 5.69 Å². The van der Waals surface area contributed by atoms with E-state index in [0.29, 0.717) is 5.92 Å². The molecule has 0 saturated carbocycles. The summed E-state index contributed by atoms with van der Waals surface area (Å²) in [4.78, 5) is 4.68. The molecule has 128 valence electrons. The van der Waals surface area contributed by atoms with E-state index in [1.165, 1.54) is 11.1 Å². The van der Waals surface area contributed by atoms with Crippen LogP contribution in [0.3, 0.4) is 0 Å². The number of nitrogens with zero attached hydrogens (tertiary/aromatic N) is 1. The Balaban J connectivity index is 1.50. The van der Waals surface area contributed by atoms with Gasteiger partial charge in [-0.1, -0.05) is 67.3 Å². The highest BCUT2D eigenvalue weighted by Gasteiger charge is 2.28. The van der Waals surface area contributed by atoms with E-state index in [4.69, 9.17) is 0 Å². The lowest BCUT2D eigenvalue weighted by Crippen LogP contribution is -2.21. The first-order valence-corrected chi connectivity index (χ1v) is 8.98. The summed E-state index contributed by atoms with van der Waals surface area (Å²) in [6.07, 6.45) is 20.9. The fourth-order valence-corrected chi connectivity index (χ4v) is 3.59. The SMILES string of the molecule is C=C/C(=C\C)C1=CN=C2C(Nc3ccc(C4C=CC=C4)cc3)=CC=CC12. The van der Waals surface area contributed by atoms with E-state index in [0.717, 1.165) is 22.7 Å². The Bertz CT molecular complexity index is 919. The van der Waals surface area contributed by atoms with Crippen molar-refractivity contribution in [3.63, 3.8) is 0 Å². The van der Waals surface area contributed by atoms with Crippen LogP contribution in [0.1, 0.15) is 18.4 Å². The molecule has 0 aromatic heterocycles. The van der Waals surface area contributed by atoms with Crippen molar-refractivity contribution in [2.24, 2.45) is 10.9 Å². The third-order valence-electron chi connectivity index (χ3n) is 5.00. The van der Waals surface area contributed by atoms with Crippen LogP contribution in [0.15, 0.2) is 114 Å². The Morgan fingerprint density at radius 1 is 1.08 bits per heavy atom. The average molecular weight is 338 g/mol. The number of allylic oxidation sites excluding steroid dienone is 12. The number of hydrogen-bond acceptors (Lipinski definition) is 2. The van der Waals surface area contributed by atoms with Crippen molar-refractivity contribution in [2.75, 3.05) is 5.32 Å². The van der Waals surface area contributed by atoms with Gasteiger partial charge >= 0.3 is 0 Å². The minimum atomic E-state index is 0.194. The van der Waals surface area contributed by atoms with Gasteiger partial charge in [-0.05, 0) is 41.8 Å². The van der Waals surface area contributed by atoms with Gasteiger partial charge in [-0.25, -0.2) is 0 Å². The zero-order chi connectivity index (χ0) is 17.9. The predicted molar refractivity (Wildman–Crippen MR) is 111 cm³/mol. The molecule has 1 aromatic carbocycles. The Morgan fingerprint density at radius 2 is 1.85 bits per heavy atom. The molecule has 1 aliphatic heterocycles. The molecule has 1 aromatic rings. The van der Waals surface area contributed by atoms with E-state index < -0.39 is 0 Å². The van der Waals surface area contributed by atoms with Crippen LogP contribution < -0.4 is 5.32 Å². The highest BCUT2D eigenvalue weighted by Crippen LogP contribution is 2.34. The maximum Gasteiger partial charge on any atom is 0.0751 e. The molecule has 1 unspecified atom stereocenters. The first-order valence-electron chi connectivity index (χ1n) is 8.98. The molecule has 2 heteroatoms. The van der Waals surface area contributed by atoms with Crippen molar-refractivity contribution in [3.8, 4) is 0 Å². The van der Waals surface area contributed by atoms with E-state index in [1.54, 1.807) is 0 Å². The number of benzene rings is 1. The summed E-state index contributed by atoms with van der Waals surface area (Å²) in [7, 11) is 0. The summed E-state index contributed by atoms with van der Waals surface area (Å²) in [5.41, 5.74) is 6.84. The van der Waals surface area contributed by atoms with Crippen LogP contribution in [0, 0.1) is 5.92 Å². The van der Waals surface area contributed by atoms with E-state index in [2.05, 4.69) is 89.8 Å². The van der Waals surface area contributed by atoms with Gasteiger partial charge < -0.3 is 5.32 Å². The monoisotopic (exact) mass is 338 g/mol. The van der Waals surface area contributed by atoms with E-state index in [-0.39, 0.29) is 5.92 Å². The summed E-state index contributed by atoms with van der Waals surface area (Å²) >= 11 is 0. The van der Waals surface area contributed by atoms with E-state index in [1.807, 2.05) is 19.2 Å². The highest BCUT2D eigenvalue weighted by molar-refractivity contribution is 6.10. The second-order valence-electron chi connectivity index (χ2n) is 6.53. The molecule has 0 spiro atoms. The highest BCUT2D eigenvalue weighted by atomic mass is 14.9. The molecule has 4 rings (SSSR count). The molecule has 1 heterocycles. The van der Waals surface area contributed by atoms with Gasteiger partial charge in [0.05, 0.1) is 11.4 Å². The first-order chi connectivity index (χ1) is 12.8. The fraction of sp³-hybridized carbons (Fsp3) is 0.125. The number of fused-ring (bicyclic) bond motifs is 1. The average Bonchev–Trinajstić information content (AvgIpc) is 3.35. The number of hydrogen-bond donors (Lipinski definition) is 1. The summed E-state index contributed by atoms with van der Waals surface area (Å²) in [6, 6.07) is 8.63. The fourth-order valence-electron chi connectivity index (χ4n) is 3.59. The minimum absolute atomic E-state index is 0.194. The second kappa shape index (κ2) is 7.01. The molecular weight excluding hydrogens is 316 g/mol. The number of anilines is 1. The molecule has 0 radical (unpaired) electrons. The summed E-state index contributed by atoms with van der Waals surface area (Å²) in [5, 5.41) is 3.53. The number of rotatable bonds is 5. The molecule has 26 heavy (non-hydrogen) atoms. The summed E-state index contributed by atoms with van der Waals surface area (Å²) in [5.74, 6) is 0.592. The van der Waals surface area contributed by atoms with Crippen molar-refractivity contribution in [3.05, 3.63) is 114 Å². The van der Waals surface area contributed by atoms with Crippen molar-refractivity contribution in [2.45, 2.75) is 12.8 Å². The Kier molecular flexibility index (Phi) is 4.40. The van der Waals surface area contributed by atoms with Crippen molar-refractivity contribution in [1.29, 1.82) is 0 Å². The van der Waals surface area contributed by atoms with Gasteiger partial charge in [0, 0.05) is 23.7 Å². The molecule has 0 bridgehead atoms. The van der Waals surface area contributed by atoms with Gasteiger partial charge in [0.2, 0.25) is 0 Å². The normalized spacial score (nSPS) is 21.3. The molecular formula is C24H22N2. The van der Waals surface area contributed by atoms with Gasteiger partial charge in [-0.3, -0.25) is 4.99 Å². The van der Waals surface area contributed by atoms with Crippen molar-refractivity contribution in [1.82, 2.24) is 0 Å². The topological polar surface area (TPSA) is 24.4 Å². The molecule has 2 nitrogen and oxygen atoms in total. The Labute approximate surface area is 155 Å². The van der Waals surface area contributed by atoms with E-state index in [9.17, 15) is 0 Å².